The summed E-state index contributed by atoms with van der Waals surface area (Å²) >= 11 is 5.20. The van der Waals surface area contributed by atoms with E-state index in [2.05, 4.69) is 20.6 Å². The molecule has 0 spiro atoms. The molecule has 1 amide bonds. The summed E-state index contributed by atoms with van der Waals surface area (Å²) in [4.78, 5) is 20.7. The molecule has 0 aliphatic heterocycles. The van der Waals surface area contributed by atoms with Crippen molar-refractivity contribution < 1.29 is 13.6 Å². The molecule has 0 bridgehead atoms. The van der Waals surface area contributed by atoms with Crippen LogP contribution in [-0.4, -0.2) is 21.0 Å². The number of hydrogen-bond donors (Lipinski definition) is 2. The average molecular weight is 406 g/mol. The number of anilines is 1. The van der Waals surface area contributed by atoms with Gasteiger partial charge in [-0.1, -0.05) is 6.07 Å². The van der Waals surface area contributed by atoms with Crippen LogP contribution in [0.1, 0.15) is 15.9 Å². The smallest absolute Gasteiger partial charge is 0.257 e. The Morgan fingerprint density at radius 2 is 2.00 bits per heavy atom. The molecule has 2 N–H and O–H groups in total. The molecule has 0 radical (unpaired) electrons. The summed E-state index contributed by atoms with van der Waals surface area (Å²) in [5.74, 6) is -0.511. The molecule has 0 saturated heterocycles. The van der Waals surface area contributed by atoms with Crippen LogP contribution in [0.2, 0.25) is 0 Å². The first kappa shape index (κ1) is 18.7. The van der Waals surface area contributed by atoms with E-state index >= 15 is 0 Å². The van der Waals surface area contributed by atoms with Crippen molar-refractivity contribution in [3.63, 3.8) is 0 Å². The Hall–Kier alpha value is -3.65. The highest BCUT2D eigenvalue weighted by Gasteiger charge is 2.12. The number of halogens is 1. The highest BCUT2D eigenvalue weighted by atomic mass is 32.1. The number of carbonyl (C=O) groups is 1. The summed E-state index contributed by atoms with van der Waals surface area (Å²) in [6.45, 7) is 1.89. The molecule has 0 aliphatic rings. The molecule has 6 nitrogen and oxygen atoms in total. The van der Waals surface area contributed by atoms with Gasteiger partial charge < -0.3 is 9.73 Å². The standard InChI is InChI=1S/C21H15FN4O2S/c1-12-10-14(20-25-18-17(28-20)6-3-9-23-18)7-8-16(12)24-21(29)26-19(27)13-4-2-5-15(22)11-13/h2-11H,1H3,(H2,24,26,27,29). The molecule has 0 saturated carbocycles. The van der Waals surface area contributed by atoms with Gasteiger partial charge in [-0.15, -0.1) is 0 Å². The molecule has 0 unspecified atom stereocenters. The summed E-state index contributed by atoms with van der Waals surface area (Å²) in [6.07, 6.45) is 1.66. The average Bonchev–Trinajstić information content (AvgIpc) is 3.13. The zero-order valence-corrected chi connectivity index (χ0v) is 16.1. The van der Waals surface area contributed by atoms with Crippen LogP contribution in [0.4, 0.5) is 10.1 Å². The van der Waals surface area contributed by atoms with Crippen molar-refractivity contribution in [2.75, 3.05) is 5.32 Å². The number of hydrogen-bond acceptors (Lipinski definition) is 5. The van der Waals surface area contributed by atoms with Crippen LogP contribution in [0, 0.1) is 12.7 Å². The Kier molecular flexibility index (Phi) is 5.01. The van der Waals surface area contributed by atoms with Crippen LogP contribution in [-0.2, 0) is 0 Å². The summed E-state index contributed by atoms with van der Waals surface area (Å²) in [7, 11) is 0. The van der Waals surface area contributed by atoms with Crippen molar-refractivity contribution in [1.82, 2.24) is 15.3 Å². The molecule has 29 heavy (non-hydrogen) atoms. The van der Waals surface area contributed by atoms with E-state index in [-0.39, 0.29) is 10.7 Å². The first-order chi connectivity index (χ1) is 14.0. The SMILES string of the molecule is Cc1cc(-c2nc3ncccc3o2)ccc1NC(=S)NC(=O)c1cccc(F)c1. The van der Waals surface area contributed by atoms with Gasteiger partial charge in [0, 0.05) is 23.0 Å². The lowest BCUT2D eigenvalue weighted by Gasteiger charge is -2.12. The van der Waals surface area contributed by atoms with E-state index in [1.807, 2.05) is 25.1 Å². The quantitative estimate of drug-likeness (QED) is 0.489. The molecule has 2 aromatic heterocycles. The number of nitrogens with one attached hydrogen (secondary N) is 2. The molecule has 8 heteroatoms. The van der Waals surface area contributed by atoms with E-state index in [1.54, 1.807) is 18.3 Å². The van der Waals surface area contributed by atoms with Crippen molar-refractivity contribution in [2.24, 2.45) is 0 Å². The number of pyridine rings is 1. The Balaban J connectivity index is 1.48. The van der Waals surface area contributed by atoms with Crippen LogP contribution in [0.25, 0.3) is 22.7 Å². The predicted octanol–water partition coefficient (Wildman–Crippen LogP) is 4.46. The molecular weight excluding hydrogens is 391 g/mol. The highest BCUT2D eigenvalue weighted by Crippen LogP contribution is 2.26. The fourth-order valence-corrected chi connectivity index (χ4v) is 2.99. The number of nitrogens with zero attached hydrogens (tertiary/aromatic N) is 2. The van der Waals surface area contributed by atoms with Gasteiger partial charge >= 0.3 is 0 Å². The van der Waals surface area contributed by atoms with Gasteiger partial charge in [-0.05, 0) is 73.2 Å². The second-order valence-electron chi connectivity index (χ2n) is 6.29. The maximum atomic E-state index is 13.3. The monoisotopic (exact) mass is 406 g/mol. The van der Waals surface area contributed by atoms with Crippen LogP contribution in [0.3, 0.4) is 0 Å². The fourth-order valence-electron chi connectivity index (χ4n) is 2.79. The van der Waals surface area contributed by atoms with E-state index in [0.29, 0.717) is 22.8 Å². The van der Waals surface area contributed by atoms with Gasteiger partial charge in [0.15, 0.2) is 16.3 Å². The van der Waals surface area contributed by atoms with E-state index < -0.39 is 11.7 Å². The Labute approximate surface area is 170 Å². The number of aromatic nitrogens is 2. The normalized spacial score (nSPS) is 10.7. The molecular formula is C21H15FN4O2S. The van der Waals surface area contributed by atoms with E-state index in [1.165, 1.54) is 18.2 Å². The number of benzene rings is 2. The number of thiocarbonyl (C=S) groups is 1. The van der Waals surface area contributed by atoms with Crippen molar-refractivity contribution in [2.45, 2.75) is 6.92 Å². The topological polar surface area (TPSA) is 80.1 Å². The molecule has 2 aromatic carbocycles. The third-order valence-electron chi connectivity index (χ3n) is 4.20. The van der Waals surface area contributed by atoms with Gasteiger partial charge in [-0.2, -0.15) is 4.98 Å². The van der Waals surface area contributed by atoms with Gasteiger partial charge in [0.1, 0.15) is 5.82 Å². The second kappa shape index (κ2) is 7.76. The third-order valence-corrected chi connectivity index (χ3v) is 4.40. The minimum atomic E-state index is -0.491. The molecule has 4 aromatic rings. The van der Waals surface area contributed by atoms with E-state index in [4.69, 9.17) is 16.6 Å². The van der Waals surface area contributed by atoms with Gasteiger partial charge in [0.05, 0.1) is 0 Å². The van der Waals surface area contributed by atoms with Crippen molar-refractivity contribution in [3.05, 3.63) is 77.7 Å². The van der Waals surface area contributed by atoms with Crippen LogP contribution >= 0.6 is 12.2 Å². The number of fused-ring (bicyclic) bond motifs is 1. The minimum Gasteiger partial charge on any atom is -0.434 e. The maximum absolute atomic E-state index is 13.3. The number of amides is 1. The first-order valence-electron chi connectivity index (χ1n) is 8.70. The summed E-state index contributed by atoms with van der Waals surface area (Å²) in [6, 6.07) is 14.5. The van der Waals surface area contributed by atoms with Gasteiger partial charge in [-0.3, -0.25) is 10.1 Å². The number of aryl methyl sites for hydroxylation is 1. The minimum absolute atomic E-state index is 0.112. The highest BCUT2D eigenvalue weighted by molar-refractivity contribution is 7.80. The molecule has 144 valence electrons. The Bertz CT molecular complexity index is 1210. The van der Waals surface area contributed by atoms with E-state index in [0.717, 1.165) is 17.2 Å². The lowest BCUT2D eigenvalue weighted by molar-refractivity contribution is 0.0977. The number of carbonyl (C=O) groups excluding carboxylic acids is 1. The van der Waals surface area contributed by atoms with Gasteiger partial charge in [0.2, 0.25) is 5.89 Å². The Morgan fingerprint density at radius 3 is 2.76 bits per heavy atom. The summed E-state index contributed by atoms with van der Waals surface area (Å²) in [5.41, 5.74) is 3.73. The van der Waals surface area contributed by atoms with Crippen molar-refractivity contribution in [1.29, 1.82) is 0 Å². The van der Waals surface area contributed by atoms with Gasteiger partial charge in [-0.25, -0.2) is 9.37 Å². The first-order valence-corrected chi connectivity index (χ1v) is 9.11. The number of oxazole rings is 1. The fraction of sp³-hybridized carbons (Fsp3) is 0.0476. The van der Waals surface area contributed by atoms with Crippen LogP contribution in [0.5, 0.6) is 0 Å². The summed E-state index contributed by atoms with van der Waals surface area (Å²) < 4.78 is 19.0. The zero-order chi connectivity index (χ0) is 20.4. The molecule has 4 rings (SSSR count). The Morgan fingerprint density at radius 1 is 1.14 bits per heavy atom. The zero-order valence-electron chi connectivity index (χ0n) is 15.3. The second-order valence-corrected chi connectivity index (χ2v) is 6.70. The van der Waals surface area contributed by atoms with Crippen LogP contribution in [0.15, 0.2) is 65.2 Å². The number of rotatable bonds is 3. The largest absolute Gasteiger partial charge is 0.434 e. The lowest BCUT2D eigenvalue weighted by atomic mass is 10.1. The summed E-state index contributed by atoms with van der Waals surface area (Å²) in [5, 5.41) is 5.62. The maximum Gasteiger partial charge on any atom is 0.257 e. The molecule has 0 atom stereocenters. The van der Waals surface area contributed by atoms with Crippen molar-refractivity contribution >= 4 is 40.2 Å². The van der Waals surface area contributed by atoms with Crippen LogP contribution < -0.4 is 10.6 Å². The molecule has 0 aliphatic carbocycles. The van der Waals surface area contributed by atoms with Gasteiger partial charge in [0.25, 0.3) is 5.91 Å². The third kappa shape index (κ3) is 4.12. The van der Waals surface area contributed by atoms with E-state index in [9.17, 15) is 9.18 Å². The predicted molar refractivity (Wildman–Crippen MR) is 112 cm³/mol. The molecule has 2 heterocycles. The molecule has 0 fully saturated rings. The van der Waals surface area contributed by atoms with Crippen molar-refractivity contribution in [3.8, 4) is 11.5 Å². The lowest BCUT2D eigenvalue weighted by Crippen LogP contribution is -2.34.